The third-order valence-electron chi connectivity index (χ3n) is 2.55. The van der Waals surface area contributed by atoms with E-state index in [9.17, 15) is 4.79 Å². The van der Waals surface area contributed by atoms with Gasteiger partial charge in [-0.3, -0.25) is 4.98 Å². The average molecular weight is 212 g/mol. The van der Waals surface area contributed by atoms with Crippen molar-refractivity contribution in [1.29, 1.82) is 0 Å². The van der Waals surface area contributed by atoms with Gasteiger partial charge in [0, 0.05) is 23.0 Å². The van der Waals surface area contributed by atoms with Gasteiger partial charge in [-0.2, -0.15) is 4.98 Å². The normalized spacial score (nSPS) is 11.1. The summed E-state index contributed by atoms with van der Waals surface area (Å²) in [5, 5.41) is 1.86. The molecule has 0 saturated carbocycles. The van der Waals surface area contributed by atoms with Gasteiger partial charge < -0.3 is 4.42 Å². The number of rotatable bonds is 0. The summed E-state index contributed by atoms with van der Waals surface area (Å²) in [7, 11) is 0. The molecule has 16 heavy (non-hydrogen) atoms. The van der Waals surface area contributed by atoms with Crippen molar-refractivity contribution in [3.8, 4) is 0 Å². The van der Waals surface area contributed by atoms with Gasteiger partial charge in [0.05, 0.1) is 11.2 Å². The molecular formula is C12H8N2O2. The molecule has 2 aromatic heterocycles. The Hall–Kier alpha value is -2.23. The van der Waals surface area contributed by atoms with Crippen LogP contribution in [-0.2, 0) is 0 Å². The van der Waals surface area contributed by atoms with E-state index in [1.54, 1.807) is 19.2 Å². The number of fused-ring (bicyclic) bond motifs is 2. The summed E-state index contributed by atoms with van der Waals surface area (Å²) in [6, 6.07) is 7.53. The quantitative estimate of drug-likeness (QED) is 0.535. The highest BCUT2D eigenvalue weighted by atomic mass is 16.4. The van der Waals surface area contributed by atoms with Crippen molar-refractivity contribution < 1.29 is 4.42 Å². The lowest BCUT2D eigenvalue weighted by atomic mass is 10.1. The van der Waals surface area contributed by atoms with Gasteiger partial charge in [0.1, 0.15) is 5.58 Å². The smallest absolute Gasteiger partial charge is 0.408 e. The molecule has 0 aliphatic carbocycles. The van der Waals surface area contributed by atoms with E-state index in [4.69, 9.17) is 4.42 Å². The lowest BCUT2D eigenvalue weighted by molar-refractivity contribution is 0.529. The van der Waals surface area contributed by atoms with E-state index in [0.717, 1.165) is 16.3 Å². The summed E-state index contributed by atoms with van der Waals surface area (Å²) in [5.41, 5.74) is 2.02. The lowest BCUT2D eigenvalue weighted by Gasteiger charge is -2.01. The van der Waals surface area contributed by atoms with Crippen LogP contribution in [0.15, 0.2) is 39.7 Å². The molecule has 0 aliphatic rings. The van der Waals surface area contributed by atoms with Gasteiger partial charge in [-0.25, -0.2) is 4.79 Å². The van der Waals surface area contributed by atoms with E-state index < -0.39 is 5.76 Å². The Morgan fingerprint density at radius 1 is 1.31 bits per heavy atom. The Morgan fingerprint density at radius 3 is 3.06 bits per heavy atom. The minimum Gasteiger partial charge on any atom is -0.408 e. The van der Waals surface area contributed by atoms with Crippen LogP contribution in [0.5, 0.6) is 0 Å². The SMILES string of the molecule is Cc1nc(=O)oc2cc3ncccc3cc12. The highest BCUT2D eigenvalue weighted by molar-refractivity contribution is 5.94. The topological polar surface area (TPSA) is 56.0 Å². The van der Waals surface area contributed by atoms with Crippen LogP contribution in [0.1, 0.15) is 5.69 Å². The molecule has 0 bridgehead atoms. The molecule has 0 spiro atoms. The average Bonchev–Trinajstić information content (AvgIpc) is 2.27. The molecule has 1 aromatic carbocycles. The number of nitrogens with zero attached hydrogens (tertiary/aromatic N) is 2. The summed E-state index contributed by atoms with van der Waals surface area (Å²) in [6.45, 7) is 1.79. The zero-order chi connectivity index (χ0) is 11.1. The van der Waals surface area contributed by atoms with Gasteiger partial charge in [0.15, 0.2) is 0 Å². The summed E-state index contributed by atoms with van der Waals surface area (Å²) in [6.07, 6.45) is 1.71. The van der Waals surface area contributed by atoms with Crippen LogP contribution in [0.25, 0.3) is 21.9 Å². The maximum absolute atomic E-state index is 11.1. The second kappa shape index (κ2) is 3.13. The first-order valence-electron chi connectivity index (χ1n) is 4.90. The van der Waals surface area contributed by atoms with Gasteiger partial charge in [-0.1, -0.05) is 6.07 Å². The van der Waals surface area contributed by atoms with Crippen molar-refractivity contribution in [2.75, 3.05) is 0 Å². The molecule has 0 saturated heterocycles. The van der Waals surface area contributed by atoms with Crippen LogP contribution in [0.3, 0.4) is 0 Å². The van der Waals surface area contributed by atoms with Gasteiger partial charge in [0.25, 0.3) is 0 Å². The van der Waals surface area contributed by atoms with Crippen molar-refractivity contribution in [2.24, 2.45) is 0 Å². The van der Waals surface area contributed by atoms with Crippen LogP contribution in [0, 0.1) is 6.92 Å². The van der Waals surface area contributed by atoms with E-state index in [1.807, 2.05) is 18.2 Å². The molecule has 0 amide bonds. The van der Waals surface area contributed by atoms with E-state index in [2.05, 4.69) is 9.97 Å². The van der Waals surface area contributed by atoms with Crippen LogP contribution >= 0.6 is 0 Å². The molecule has 2 heterocycles. The van der Waals surface area contributed by atoms with E-state index in [1.165, 1.54) is 0 Å². The van der Waals surface area contributed by atoms with Crippen molar-refractivity contribution in [1.82, 2.24) is 9.97 Å². The molecule has 4 heteroatoms. The molecule has 78 valence electrons. The number of aryl methyl sites for hydroxylation is 1. The summed E-state index contributed by atoms with van der Waals surface area (Å²) >= 11 is 0. The molecule has 3 aromatic rings. The zero-order valence-electron chi connectivity index (χ0n) is 8.60. The fraction of sp³-hybridized carbons (Fsp3) is 0.0833. The van der Waals surface area contributed by atoms with E-state index in [-0.39, 0.29) is 0 Å². The molecule has 0 radical (unpaired) electrons. The highest BCUT2D eigenvalue weighted by Crippen LogP contribution is 2.21. The molecule has 0 aliphatic heterocycles. The fourth-order valence-electron chi connectivity index (χ4n) is 1.78. The molecule has 0 atom stereocenters. The first-order valence-corrected chi connectivity index (χ1v) is 4.90. The number of hydrogen-bond acceptors (Lipinski definition) is 4. The monoisotopic (exact) mass is 212 g/mol. The van der Waals surface area contributed by atoms with Crippen molar-refractivity contribution in [3.63, 3.8) is 0 Å². The first-order chi connectivity index (χ1) is 7.74. The second-order valence-corrected chi connectivity index (χ2v) is 3.61. The van der Waals surface area contributed by atoms with E-state index in [0.29, 0.717) is 11.3 Å². The molecule has 0 N–H and O–H groups in total. The van der Waals surface area contributed by atoms with Crippen molar-refractivity contribution in [3.05, 3.63) is 46.7 Å². The number of hydrogen-bond donors (Lipinski definition) is 0. The van der Waals surface area contributed by atoms with Crippen molar-refractivity contribution in [2.45, 2.75) is 6.92 Å². The fourth-order valence-corrected chi connectivity index (χ4v) is 1.78. The molecule has 4 nitrogen and oxygen atoms in total. The Morgan fingerprint density at radius 2 is 2.19 bits per heavy atom. The van der Waals surface area contributed by atoms with Gasteiger partial charge >= 0.3 is 5.76 Å². The van der Waals surface area contributed by atoms with Crippen LogP contribution < -0.4 is 5.76 Å². The molecule has 0 unspecified atom stereocenters. The van der Waals surface area contributed by atoms with E-state index >= 15 is 0 Å². The molecular weight excluding hydrogens is 204 g/mol. The third-order valence-corrected chi connectivity index (χ3v) is 2.55. The molecule has 3 rings (SSSR count). The largest absolute Gasteiger partial charge is 0.439 e. The van der Waals surface area contributed by atoms with Gasteiger partial charge in [0.2, 0.25) is 0 Å². The maximum Gasteiger partial charge on any atom is 0.439 e. The highest BCUT2D eigenvalue weighted by Gasteiger charge is 2.05. The maximum atomic E-state index is 11.1. The Balaban J connectivity index is 2.56. The number of aromatic nitrogens is 2. The van der Waals surface area contributed by atoms with Crippen molar-refractivity contribution >= 4 is 21.9 Å². The number of benzene rings is 1. The first kappa shape index (κ1) is 9.03. The van der Waals surface area contributed by atoms with Crippen LogP contribution in [0.2, 0.25) is 0 Å². The zero-order valence-corrected chi connectivity index (χ0v) is 8.60. The minimum absolute atomic E-state index is 0.531. The Labute approximate surface area is 90.6 Å². The Bertz CT molecular complexity index is 747. The third kappa shape index (κ3) is 1.27. The predicted octanol–water partition coefficient (Wildman–Crippen LogP) is 2.04. The predicted molar refractivity (Wildman–Crippen MR) is 60.3 cm³/mol. The minimum atomic E-state index is -0.569. The van der Waals surface area contributed by atoms with Crippen LogP contribution in [0.4, 0.5) is 0 Å². The van der Waals surface area contributed by atoms with Gasteiger partial charge in [-0.15, -0.1) is 0 Å². The molecule has 0 fully saturated rings. The lowest BCUT2D eigenvalue weighted by Crippen LogP contribution is -2.05. The second-order valence-electron chi connectivity index (χ2n) is 3.61. The summed E-state index contributed by atoms with van der Waals surface area (Å²) in [4.78, 5) is 19.1. The number of pyridine rings is 1. The summed E-state index contributed by atoms with van der Waals surface area (Å²) < 4.78 is 5.04. The van der Waals surface area contributed by atoms with Gasteiger partial charge in [-0.05, 0) is 19.1 Å². The van der Waals surface area contributed by atoms with Crippen LogP contribution in [-0.4, -0.2) is 9.97 Å². The standard InChI is InChI=1S/C12H8N2O2/c1-7-9-5-8-3-2-4-13-10(8)6-11(9)16-12(15)14-7/h2-6H,1H3. The Kier molecular flexibility index (Phi) is 1.77. The summed E-state index contributed by atoms with van der Waals surface area (Å²) in [5.74, 6) is -0.569.